The number of nitrogens with zero attached hydrogens (tertiary/aromatic N) is 1. The molecule has 3 rings (SSSR count). The molecule has 1 aliphatic carbocycles. The number of rotatable bonds is 1. The Morgan fingerprint density at radius 2 is 2.00 bits per heavy atom. The van der Waals surface area contributed by atoms with Gasteiger partial charge in [0.1, 0.15) is 10.9 Å². The molecule has 4 heteroatoms. The zero-order valence-corrected chi connectivity index (χ0v) is 12.4. The summed E-state index contributed by atoms with van der Waals surface area (Å²) in [5, 5.41) is 2.78. The van der Waals surface area contributed by atoms with Gasteiger partial charge < -0.3 is 4.74 Å². The van der Waals surface area contributed by atoms with Crippen LogP contribution in [0.4, 0.5) is 0 Å². The predicted molar refractivity (Wildman–Crippen MR) is 77.6 cm³/mol. The van der Waals surface area contributed by atoms with Crippen molar-refractivity contribution in [3.8, 4) is 5.75 Å². The van der Waals surface area contributed by atoms with E-state index >= 15 is 0 Å². The topological polar surface area (TPSA) is 22.1 Å². The molecule has 2 nitrogen and oxygen atoms in total. The van der Waals surface area contributed by atoms with Crippen LogP contribution < -0.4 is 4.74 Å². The van der Waals surface area contributed by atoms with Crippen LogP contribution in [0.2, 0.25) is 5.15 Å². The number of halogens is 2. The number of hydrogen-bond donors (Lipinski definition) is 0. The van der Waals surface area contributed by atoms with Crippen LogP contribution in [0, 0.1) is 0 Å². The van der Waals surface area contributed by atoms with Crippen LogP contribution >= 0.6 is 27.5 Å². The lowest BCUT2D eigenvalue weighted by Crippen LogP contribution is -2.06. The number of ether oxygens (including phenoxy) is 1. The molecule has 1 aromatic carbocycles. The lowest BCUT2D eigenvalue weighted by molar-refractivity contribution is 0.413. The van der Waals surface area contributed by atoms with Crippen molar-refractivity contribution in [3.05, 3.63) is 33.0 Å². The molecule has 0 saturated heterocycles. The molecule has 0 aliphatic heterocycles. The van der Waals surface area contributed by atoms with Gasteiger partial charge in [0.15, 0.2) is 0 Å². The van der Waals surface area contributed by atoms with E-state index in [1.165, 1.54) is 23.8 Å². The van der Waals surface area contributed by atoms with Crippen LogP contribution in [0.25, 0.3) is 10.8 Å². The zero-order chi connectivity index (χ0) is 12.7. The highest BCUT2D eigenvalue weighted by Gasteiger charge is 2.17. The van der Waals surface area contributed by atoms with Gasteiger partial charge in [-0.3, -0.25) is 0 Å². The first kappa shape index (κ1) is 12.2. The normalized spacial score (nSPS) is 14.6. The maximum absolute atomic E-state index is 6.29. The Balaban J connectivity index is 2.36. The van der Waals surface area contributed by atoms with E-state index in [-0.39, 0.29) is 0 Å². The van der Waals surface area contributed by atoms with Crippen LogP contribution in [0.15, 0.2) is 16.6 Å². The van der Waals surface area contributed by atoms with Crippen molar-refractivity contribution in [2.24, 2.45) is 0 Å². The molecule has 18 heavy (non-hydrogen) atoms. The first-order valence-corrected chi connectivity index (χ1v) is 7.22. The molecule has 1 aromatic heterocycles. The summed E-state index contributed by atoms with van der Waals surface area (Å²) in [5.41, 5.74) is 2.49. The van der Waals surface area contributed by atoms with Gasteiger partial charge in [0.05, 0.1) is 11.6 Å². The largest absolute Gasteiger partial charge is 0.496 e. The number of aromatic nitrogens is 1. The highest BCUT2D eigenvalue weighted by atomic mass is 79.9. The van der Waals surface area contributed by atoms with Gasteiger partial charge >= 0.3 is 0 Å². The maximum atomic E-state index is 6.29. The summed E-state index contributed by atoms with van der Waals surface area (Å²) in [4.78, 5) is 4.54. The fourth-order valence-electron chi connectivity index (χ4n) is 2.61. The Labute approximate surface area is 119 Å². The average molecular weight is 327 g/mol. The van der Waals surface area contributed by atoms with Gasteiger partial charge in [-0.25, -0.2) is 4.98 Å². The number of benzene rings is 1. The number of hydrogen-bond acceptors (Lipinski definition) is 2. The summed E-state index contributed by atoms with van der Waals surface area (Å²) in [7, 11) is 1.68. The van der Waals surface area contributed by atoms with Crippen LogP contribution in [-0.4, -0.2) is 12.1 Å². The molecule has 0 amide bonds. The molecule has 0 atom stereocenters. The minimum absolute atomic E-state index is 0.592. The van der Waals surface area contributed by atoms with Crippen molar-refractivity contribution < 1.29 is 4.74 Å². The summed E-state index contributed by atoms with van der Waals surface area (Å²) < 4.78 is 6.29. The van der Waals surface area contributed by atoms with Crippen molar-refractivity contribution in [3.63, 3.8) is 0 Å². The second kappa shape index (κ2) is 4.71. The van der Waals surface area contributed by atoms with Gasteiger partial charge in [0.25, 0.3) is 0 Å². The maximum Gasteiger partial charge on any atom is 0.137 e. The van der Waals surface area contributed by atoms with E-state index in [0.717, 1.165) is 34.1 Å². The fraction of sp³-hybridized carbons (Fsp3) is 0.357. The van der Waals surface area contributed by atoms with Gasteiger partial charge in [0.2, 0.25) is 0 Å². The Bertz CT molecular complexity index is 627. The standard InChI is InChI=1S/C14H13BrClNO/c1-18-13-7-9-8-4-2-3-5-12(8)17-14(16)10(9)6-11(13)15/h6-7H,2-5H2,1H3. The summed E-state index contributed by atoms with van der Waals surface area (Å²) >= 11 is 9.79. The van der Waals surface area contributed by atoms with Gasteiger partial charge in [-0.15, -0.1) is 0 Å². The molecule has 2 aromatic rings. The third-order valence-corrected chi connectivity index (χ3v) is 4.42. The molecule has 0 spiro atoms. The molecule has 0 radical (unpaired) electrons. The smallest absolute Gasteiger partial charge is 0.137 e. The van der Waals surface area contributed by atoms with Crippen LogP contribution in [-0.2, 0) is 12.8 Å². The van der Waals surface area contributed by atoms with Gasteiger partial charge in [-0.05, 0) is 64.7 Å². The van der Waals surface area contributed by atoms with E-state index in [1.807, 2.05) is 6.07 Å². The van der Waals surface area contributed by atoms with E-state index < -0.39 is 0 Å². The fourth-order valence-corrected chi connectivity index (χ4v) is 3.38. The Hall–Kier alpha value is -0.800. The molecule has 0 N–H and O–H groups in total. The van der Waals surface area contributed by atoms with Crippen LogP contribution in [0.5, 0.6) is 5.75 Å². The highest BCUT2D eigenvalue weighted by molar-refractivity contribution is 9.10. The average Bonchev–Trinajstić information content (AvgIpc) is 2.39. The predicted octanol–water partition coefficient (Wildman–Crippen LogP) is 4.54. The molecule has 0 saturated carbocycles. The number of fused-ring (bicyclic) bond motifs is 3. The first-order valence-electron chi connectivity index (χ1n) is 6.05. The number of aryl methyl sites for hydroxylation is 2. The molecule has 0 unspecified atom stereocenters. The summed E-state index contributed by atoms with van der Waals surface area (Å²) in [6, 6.07) is 4.06. The monoisotopic (exact) mass is 325 g/mol. The second-order valence-corrected chi connectivity index (χ2v) is 5.78. The second-order valence-electron chi connectivity index (χ2n) is 4.57. The van der Waals surface area contributed by atoms with Crippen molar-refractivity contribution >= 4 is 38.3 Å². The Kier molecular flexibility index (Phi) is 3.20. The minimum Gasteiger partial charge on any atom is -0.496 e. The van der Waals surface area contributed by atoms with E-state index in [2.05, 4.69) is 27.0 Å². The molecular formula is C14H13BrClNO. The molecule has 1 heterocycles. The number of pyridine rings is 1. The first-order chi connectivity index (χ1) is 8.70. The molecule has 0 fully saturated rings. The van der Waals surface area contributed by atoms with E-state index in [4.69, 9.17) is 16.3 Å². The lowest BCUT2D eigenvalue weighted by atomic mass is 9.92. The van der Waals surface area contributed by atoms with Gasteiger partial charge in [-0.1, -0.05) is 11.6 Å². The summed E-state index contributed by atoms with van der Waals surface area (Å²) in [5.74, 6) is 0.845. The van der Waals surface area contributed by atoms with Crippen molar-refractivity contribution in [2.75, 3.05) is 7.11 Å². The Morgan fingerprint density at radius 1 is 1.22 bits per heavy atom. The van der Waals surface area contributed by atoms with E-state index in [0.29, 0.717) is 5.15 Å². The molecule has 1 aliphatic rings. The summed E-state index contributed by atoms with van der Waals surface area (Å²) in [6.07, 6.45) is 4.55. The summed E-state index contributed by atoms with van der Waals surface area (Å²) in [6.45, 7) is 0. The van der Waals surface area contributed by atoms with Crippen molar-refractivity contribution in [1.29, 1.82) is 0 Å². The third kappa shape index (κ3) is 1.90. The number of methoxy groups -OCH3 is 1. The molecule has 94 valence electrons. The lowest BCUT2D eigenvalue weighted by Gasteiger charge is -2.18. The van der Waals surface area contributed by atoms with Gasteiger partial charge in [-0.2, -0.15) is 0 Å². The van der Waals surface area contributed by atoms with E-state index in [1.54, 1.807) is 7.11 Å². The van der Waals surface area contributed by atoms with E-state index in [9.17, 15) is 0 Å². The van der Waals surface area contributed by atoms with Crippen molar-refractivity contribution in [2.45, 2.75) is 25.7 Å². The van der Waals surface area contributed by atoms with Crippen molar-refractivity contribution in [1.82, 2.24) is 4.98 Å². The molecule has 0 bridgehead atoms. The minimum atomic E-state index is 0.592. The Morgan fingerprint density at radius 3 is 2.78 bits per heavy atom. The third-order valence-electron chi connectivity index (χ3n) is 3.51. The van der Waals surface area contributed by atoms with Crippen LogP contribution in [0.1, 0.15) is 24.1 Å². The van der Waals surface area contributed by atoms with Crippen LogP contribution in [0.3, 0.4) is 0 Å². The highest BCUT2D eigenvalue weighted by Crippen LogP contribution is 2.37. The molecular weight excluding hydrogens is 314 g/mol. The quantitative estimate of drug-likeness (QED) is 0.718. The SMILES string of the molecule is COc1cc2c3c(nc(Cl)c2cc1Br)CCCC3. The zero-order valence-electron chi connectivity index (χ0n) is 10.1. The van der Waals surface area contributed by atoms with Gasteiger partial charge in [0, 0.05) is 11.1 Å².